The van der Waals surface area contributed by atoms with Crippen LogP contribution in [0.25, 0.3) is 11.3 Å². The highest BCUT2D eigenvalue weighted by Gasteiger charge is 2.09. The second kappa shape index (κ2) is 4.16. The second-order valence-corrected chi connectivity index (χ2v) is 3.41. The Morgan fingerprint density at radius 3 is 3.07 bits per heavy atom. The van der Waals surface area contributed by atoms with Gasteiger partial charge in [-0.1, -0.05) is 23.7 Å². The summed E-state index contributed by atoms with van der Waals surface area (Å²) in [5.41, 5.74) is 1.54. The molecule has 0 saturated carbocycles. The van der Waals surface area contributed by atoms with Crippen LogP contribution in [0.1, 0.15) is 5.76 Å². The summed E-state index contributed by atoms with van der Waals surface area (Å²) in [6.45, 7) is 0. The highest BCUT2D eigenvalue weighted by atomic mass is 35.5. The minimum atomic E-state index is 0.210. The van der Waals surface area contributed by atoms with Crippen molar-refractivity contribution in [2.24, 2.45) is 0 Å². The Kier molecular flexibility index (Phi) is 2.70. The van der Waals surface area contributed by atoms with Gasteiger partial charge in [0.1, 0.15) is 11.5 Å². The van der Waals surface area contributed by atoms with E-state index in [4.69, 9.17) is 21.3 Å². The van der Waals surface area contributed by atoms with Gasteiger partial charge in [0.25, 0.3) is 0 Å². The third-order valence-corrected chi connectivity index (χ3v) is 2.21. The van der Waals surface area contributed by atoms with Crippen molar-refractivity contribution in [3.05, 3.63) is 41.4 Å². The quantitative estimate of drug-likeness (QED) is 0.779. The minimum absolute atomic E-state index is 0.210. The lowest BCUT2D eigenvalue weighted by molar-refractivity contribution is 0.518. The van der Waals surface area contributed by atoms with Gasteiger partial charge < -0.3 is 4.42 Å². The molecule has 1 aromatic heterocycles. The van der Waals surface area contributed by atoms with E-state index in [0.29, 0.717) is 16.5 Å². The Bertz CT molecular complexity index is 513. The number of nitrogens with zero attached hydrogens (tertiary/aromatic N) is 2. The first-order valence-corrected chi connectivity index (χ1v) is 4.74. The lowest BCUT2D eigenvalue weighted by atomic mass is 10.1. The first kappa shape index (κ1) is 9.75. The van der Waals surface area contributed by atoms with Gasteiger partial charge in [-0.05, 0) is 12.1 Å². The predicted octanol–water partition coefficient (Wildman–Crippen LogP) is 3.06. The molecule has 0 unspecified atom stereocenters. The Morgan fingerprint density at radius 1 is 1.47 bits per heavy atom. The highest BCUT2D eigenvalue weighted by molar-refractivity contribution is 6.30. The Balaban J connectivity index is 2.45. The summed E-state index contributed by atoms with van der Waals surface area (Å²) < 4.78 is 5.12. The molecule has 0 aliphatic carbocycles. The molecule has 0 saturated heterocycles. The van der Waals surface area contributed by atoms with Crippen molar-refractivity contribution in [1.82, 2.24) is 4.98 Å². The van der Waals surface area contributed by atoms with Gasteiger partial charge in [-0.25, -0.2) is 4.98 Å². The van der Waals surface area contributed by atoms with Crippen molar-refractivity contribution in [2.45, 2.75) is 6.42 Å². The summed E-state index contributed by atoms with van der Waals surface area (Å²) >= 11 is 5.87. The zero-order valence-electron chi connectivity index (χ0n) is 7.77. The summed E-state index contributed by atoms with van der Waals surface area (Å²) in [5.74, 6) is 0.569. The first-order chi connectivity index (χ1) is 7.31. The van der Waals surface area contributed by atoms with Gasteiger partial charge in [0.15, 0.2) is 6.39 Å². The molecule has 0 radical (unpaired) electrons. The van der Waals surface area contributed by atoms with Crippen LogP contribution in [0.15, 0.2) is 35.1 Å². The molecular weight excluding hydrogens is 212 g/mol. The van der Waals surface area contributed by atoms with Gasteiger partial charge in [-0.15, -0.1) is 0 Å². The van der Waals surface area contributed by atoms with Crippen molar-refractivity contribution in [2.75, 3.05) is 0 Å². The van der Waals surface area contributed by atoms with Crippen molar-refractivity contribution in [3.63, 3.8) is 0 Å². The minimum Gasteiger partial charge on any atom is -0.447 e. The van der Waals surface area contributed by atoms with E-state index in [-0.39, 0.29) is 6.42 Å². The Labute approximate surface area is 91.9 Å². The van der Waals surface area contributed by atoms with Crippen molar-refractivity contribution >= 4 is 11.6 Å². The summed E-state index contributed by atoms with van der Waals surface area (Å²) in [7, 11) is 0. The van der Waals surface area contributed by atoms with Gasteiger partial charge in [0.05, 0.1) is 12.5 Å². The molecule has 0 spiro atoms. The molecule has 4 heteroatoms. The molecule has 0 bridgehead atoms. The van der Waals surface area contributed by atoms with Crippen LogP contribution in [0, 0.1) is 11.3 Å². The van der Waals surface area contributed by atoms with E-state index >= 15 is 0 Å². The van der Waals surface area contributed by atoms with Gasteiger partial charge in [0.2, 0.25) is 0 Å². The SMILES string of the molecule is N#CCc1ocnc1-c1cccc(Cl)c1. The van der Waals surface area contributed by atoms with Gasteiger partial charge in [0, 0.05) is 10.6 Å². The van der Waals surface area contributed by atoms with E-state index in [1.54, 1.807) is 12.1 Å². The third kappa shape index (κ3) is 2.00. The number of aromatic nitrogens is 1. The third-order valence-electron chi connectivity index (χ3n) is 1.98. The van der Waals surface area contributed by atoms with Crippen LogP contribution >= 0.6 is 11.6 Å². The summed E-state index contributed by atoms with van der Waals surface area (Å²) in [6.07, 6.45) is 1.55. The summed E-state index contributed by atoms with van der Waals surface area (Å²) in [5, 5.41) is 9.24. The fourth-order valence-corrected chi connectivity index (χ4v) is 1.53. The molecule has 1 aromatic carbocycles. The molecule has 15 heavy (non-hydrogen) atoms. The standard InChI is InChI=1S/C11H7ClN2O/c12-9-3-1-2-8(6-9)11-10(4-5-13)15-7-14-11/h1-3,6-7H,4H2. The van der Waals surface area contributed by atoms with E-state index in [1.165, 1.54) is 6.39 Å². The topological polar surface area (TPSA) is 49.8 Å². The molecule has 2 rings (SSSR count). The fraction of sp³-hybridized carbons (Fsp3) is 0.0909. The zero-order valence-corrected chi connectivity index (χ0v) is 8.53. The first-order valence-electron chi connectivity index (χ1n) is 4.36. The monoisotopic (exact) mass is 218 g/mol. The Hall–Kier alpha value is -1.79. The smallest absolute Gasteiger partial charge is 0.181 e. The van der Waals surface area contributed by atoms with Gasteiger partial charge in [-0.3, -0.25) is 0 Å². The van der Waals surface area contributed by atoms with Crippen LogP contribution in [0.5, 0.6) is 0 Å². The largest absolute Gasteiger partial charge is 0.447 e. The molecule has 2 aromatic rings. The fourth-order valence-electron chi connectivity index (χ4n) is 1.34. The molecule has 0 aliphatic heterocycles. The number of rotatable bonds is 2. The number of benzene rings is 1. The molecule has 0 amide bonds. The molecule has 3 nitrogen and oxygen atoms in total. The van der Waals surface area contributed by atoms with E-state index in [0.717, 1.165) is 5.56 Å². The number of halogens is 1. The zero-order chi connectivity index (χ0) is 10.7. The Morgan fingerprint density at radius 2 is 2.33 bits per heavy atom. The molecule has 0 N–H and O–H groups in total. The highest BCUT2D eigenvalue weighted by Crippen LogP contribution is 2.24. The lowest BCUT2D eigenvalue weighted by Crippen LogP contribution is -1.84. The van der Waals surface area contributed by atoms with Gasteiger partial charge >= 0.3 is 0 Å². The van der Waals surface area contributed by atoms with E-state index in [9.17, 15) is 0 Å². The normalized spacial score (nSPS) is 9.87. The molecule has 0 atom stereocenters. The van der Waals surface area contributed by atoms with E-state index in [1.807, 2.05) is 18.2 Å². The molecule has 0 aliphatic rings. The maximum atomic E-state index is 8.60. The summed E-state index contributed by atoms with van der Waals surface area (Å²) in [6, 6.07) is 9.32. The van der Waals surface area contributed by atoms with Crippen LogP contribution in [0.2, 0.25) is 5.02 Å². The average Bonchev–Trinajstić information content (AvgIpc) is 2.66. The molecule has 74 valence electrons. The van der Waals surface area contributed by atoms with Crippen LogP contribution in [0.3, 0.4) is 0 Å². The second-order valence-electron chi connectivity index (χ2n) is 2.97. The number of oxazole rings is 1. The number of hydrogen-bond acceptors (Lipinski definition) is 3. The van der Waals surface area contributed by atoms with Gasteiger partial charge in [-0.2, -0.15) is 5.26 Å². The molecular formula is C11H7ClN2O. The molecule has 1 heterocycles. The van der Waals surface area contributed by atoms with Crippen molar-refractivity contribution < 1.29 is 4.42 Å². The van der Waals surface area contributed by atoms with Crippen LogP contribution < -0.4 is 0 Å². The van der Waals surface area contributed by atoms with Crippen LogP contribution in [-0.4, -0.2) is 4.98 Å². The maximum absolute atomic E-state index is 8.60. The average molecular weight is 219 g/mol. The lowest BCUT2D eigenvalue weighted by Gasteiger charge is -1.98. The maximum Gasteiger partial charge on any atom is 0.181 e. The van der Waals surface area contributed by atoms with E-state index in [2.05, 4.69) is 4.98 Å². The van der Waals surface area contributed by atoms with Crippen LogP contribution in [0.4, 0.5) is 0 Å². The predicted molar refractivity (Wildman–Crippen MR) is 56.3 cm³/mol. The summed E-state index contributed by atoms with van der Waals surface area (Å²) in [4.78, 5) is 4.07. The van der Waals surface area contributed by atoms with Crippen LogP contribution in [-0.2, 0) is 6.42 Å². The van der Waals surface area contributed by atoms with E-state index < -0.39 is 0 Å². The van der Waals surface area contributed by atoms with Crippen molar-refractivity contribution in [1.29, 1.82) is 5.26 Å². The van der Waals surface area contributed by atoms with Crippen molar-refractivity contribution in [3.8, 4) is 17.3 Å². The molecule has 0 fully saturated rings. The number of hydrogen-bond donors (Lipinski definition) is 0. The number of nitriles is 1.